The molecule has 0 saturated carbocycles. The van der Waals surface area contributed by atoms with Crippen LogP contribution in [0.2, 0.25) is 0 Å². The van der Waals surface area contributed by atoms with E-state index in [1.54, 1.807) is 4.68 Å². The van der Waals surface area contributed by atoms with Gasteiger partial charge in [-0.1, -0.05) is 29.8 Å². The first-order valence-electron chi connectivity index (χ1n) is 6.15. The van der Waals surface area contributed by atoms with Gasteiger partial charge in [0.05, 0.1) is 11.9 Å². The molecule has 0 bridgehead atoms. The van der Waals surface area contributed by atoms with Crippen molar-refractivity contribution in [3.63, 3.8) is 0 Å². The summed E-state index contributed by atoms with van der Waals surface area (Å²) in [5.41, 5.74) is 4.37. The van der Waals surface area contributed by atoms with E-state index >= 15 is 0 Å². The Labute approximate surface area is 111 Å². The second-order valence-corrected chi connectivity index (χ2v) is 4.58. The third-order valence-electron chi connectivity index (χ3n) is 2.95. The Kier molecular flexibility index (Phi) is 2.83. The lowest BCUT2D eigenvalue weighted by atomic mass is 10.1. The van der Waals surface area contributed by atoms with Crippen molar-refractivity contribution >= 4 is 0 Å². The first-order valence-corrected chi connectivity index (χ1v) is 6.15. The molecular weight excluding hydrogens is 236 g/mol. The van der Waals surface area contributed by atoms with Crippen molar-refractivity contribution in [1.82, 2.24) is 20.0 Å². The van der Waals surface area contributed by atoms with Crippen LogP contribution in [0.4, 0.5) is 0 Å². The standard InChI is InChI=1S/C15H14N4/c1-11-4-3-5-13(8-11)14-9-16-19(10-14)15-7-6-12(2)17-18-15/h3-10H,1-2H3. The van der Waals surface area contributed by atoms with Crippen molar-refractivity contribution in [2.45, 2.75) is 13.8 Å². The van der Waals surface area contributed by atoms with Crippen molar-refractivity contribution in [3.05, 3.63) is 60.0 Å². The molecule has 0 atom stereocenters. The Morgan fingerprint density at radius 2 is 1.84 bits per heavy atom. The summed E-state index contributed by atoms with van der Waals surface area (Å²) in [7, 11) is 0. The van der Waals surface area contributed by atoms with Gasteiger partial charge in [0.2, 0.25) is 0 Å². The first-order chi connectivity index (χ1) is 9.22. The molecule has 94 valence electrons. The highest BCUT2D eigenvalue weighted by Gasteiger charge is 2.04. The third-order valence-corrected chi connectivity index (χ3v) is 2.95. The lowest BCUT2D eigenvalue weighted by Crippen LogP contribution is -1.99. The van der Waals surface area contributed by atoms with Crippen LogP contribution in [-0.2, 0) is 0 Å². The van der Waals surface area contributed by atoms with Crippen LogP contribution in [0, 0.1) is 13.8 Å². The highest BCUT2D eigenvalue weighted by Crippen LogP contribution is 2.20. The zero-order chi connectivity index (χ0) is 13.2. The molecule has 3 rings (SSSR count). The normalized spacial score (nSPS) is 10.6. The highest BCUT2D eigenvalue weighted by atomic mass is 15.3. The molecule has 2 heterocycles. The van der Waals surface area contributed by atoms with E-state index in [0.29, 0.717) is 0 Å². The van der Waals surface area contributed by atoms with Crippen molar-refractivity contribution in [2.24, 2.45) is 0 Å². The summed E-state index contributed by atoms with van der Waals surface area (Å²) in [4.78, 5) is 0. The number of aryl methyl sites for hydroxylation is 2. The summed E-state index contributed by atoms with van der Waals surface area (Å²) in [6.45, 7) is 4.00. The maximum Gasteiger partial charge on any atom is 0.175 e. The van der Waals surface area contributed by atoms with Gasteiger partial charge in [-0.2, -0.15) is 10.2 Å². The SMILES string of the molecule is Cc1cccc(-c2cnn(-c3ccc(C)nn3)c2)c1. The molecule has 19 heavy (non-hydrogen) atoms. The molecule has 0 spiro atoms. The largest absolute Gasteiger partial charge is 0.220 e. The molecule has 1 aromatic carbocycles. The van der Waals surface area contributed by atoms with E-state index in [1.165, 1.54) is 5.56 Å². The predicted molar refractivity (Wildman–Crippen MR) is 74.1 cm³/mol. The van der Waals surface area contributed by atoms with Crippen LogP contribution in [0.3, 0.4) is 0 Å². The lowest BCUT2D eigenvalue weighted by Gasteiger charge is -1.99. The Bertz CT molecular complexity index is 698. The predicted octanol–water partition coefficient (Wildman–Crippen LogP) is 2.95. The minimum Gasteiger partial charge on any atom is -0.220 e. The van der Waals surface area contributed by atoms with Crippen LogP contribution in [0.5, 0.6) is 0 Å². The monoisotopic (exact) mass is 250 g/mol. The quantitative estimate of drug-likeness (QED) is 0.702. The fraction of sp³-hybridized carbons (Fsp3) is 0.133. The Morgan fingerprint density at radius 1 is 0.947 bits per heavy atom. The minimum absolute atomic E-state index is 0.726. The van der Waals surface area contributed by atoms with E-state index in [2.05, 4.69) is 40.4 Å². The molecule has 0 saturated heterocycles. The molecule has 0 aliphatic carbocycles. The highest BCUT2D eigenvalue weighted by molar-refractivity contribution is 5.62. The summed E-state index contributed by atoms with van der Waals surface area (Å²) in [5, 5.41) is 12.5. The molecule has 4 heteroatoms. The summed E-state index contributed by atoms with van der Waals surface area (Å²) >= 11 is 0. The smallest absolute Gasteiger partial charge is 0.175 e. The molecule has 4 nitrogen and oxygen atoms in total. The minimum atomic E-state index is 0.726. The van der Waals surface area contributed by atoms with E-state index < -0.39 is 0 Å². The summed E-state index contributed by atoms with van der Waals surface area (Å²) in [5.74, 6) is 0.726. The number of aromatic nitrogens is 4. The average Bonchev–Trinajstić information content (AvgIpc) is 2.89. The van der Waals surface area contributed by atoms with Crippen LogP contribution in [0.25, 0.3) is 16.9 Å². The second kappa shape index (κ2) is 4.65. The molecule has 0 aliphatic heterocycles. The molecule has 0 radical (unpaired) electrons. The van der Waals surface area contributed by atoms with Crippen LogP contribution < -0.4 is 0 Å². The molecule has 0 fully saturated rings. The van der Waals surface area contributed by atoms with Gasteiger partial charge >= 0.3 is 0 Å². The number of nitrogens with zero attached hydrogens (tertiary/aromatic N) is 4. The van der Waals surface area contributed by atoms with Crippen molar-refractivity contribution in [1.29, 1.82) is 0 Å². The van der Waals surface area contributed by atoms with Crippen molar-refractivity contribution < 1.29 is 0 Å². The molecule has 0 unspecified atom stereocenters. The van der Waals surface area contributed by atoms with Gasteiger partial charge in [-0.25, -0.2) is 4.68 Å². The van der Waals surface area contributed by atoms with Crippen LogP contribution in [0.1, 0.15) is 11.3 Å². The van der Waals surface area contributed by atoms with E-state index in [9.17, 15) is 0 Å². The van der Waals surface area contributed by atoms with Gasteiger partial charge in [-0.05, 0) is 31.5 Å². The topological polar surface area (TPSA) is 43.6 Å². The van der Waals surface area contributed by atoms with Gasteiger partial charge in [0.25, 0.3) is 0 Å². The van der Waals surface area contributed by atoms with E-state index in [0.717, 1.165) is 22.6 Å². The van der Waals surface area contributed by atoms with Crippen LogP contribution in [0.15, 0.2) is 48.8 Å². The molecule has 0 N–H and O–H groups in total. The van der Waals surface area contributed by atoms with E-state index in [1.807, 2.05) is 37.5 Å². The van der Waals surface area contributed by atoms with Crippen molar-refractivity contribution in [3.8, 4) is 16.9 Å². The fourth-order valence-electron chi connectivity index (χ4n) is 1.94. The first kappa shape index (κ1) is 11.6. The number of hydrogen-bond acceptors (Lipinski definition) is 3. The number of rotatable bonds is 2. The number of hydrogen-bond donors (Lipinski definition) is 0. The Balaban J connectivity index is 1.97. The average molecular weight is 250 g/mol. The zero-order valence-electron chi connectivity index (χ0n) is 10.9. The van der Waals surface area contributed by atoms with E-state index in [4.69, 9.17) is 0 Å². The summed E-state index contributed by atoms with van der Waals surface area (Å²) in [6, 6.07) is 12.2. The molecule has 0 aliphatic rings. The number of benzene rings is 1. The van der Waals surface area contributed by atoms with Crippen LogP contribution in [-0.4, -0.2) is 20.0 Å². The maximum atomic E-state index is 4.34. The molecule has 3 aromatic rings. The maximum absolute atomic E-state index is 4.34. The second-order valence-electron chi connectivity index (χ2n) is 4.58. The van der Waals surface area contributed by atoms with Crippen molar-refractivity contribution in [2.75, 3.05) is 0 Å². The zero-order valence-corrected chi connectivity index (χ0v) is 10.9. The molecule has 2 aromatic heterocycles. The van der Waals surface area contributed by atoms with E-state index in [-0.39, 0.29) is 0 Å². The third kappa shape index (κ3) is 2.38. The van der Waals surface area contributed by atoms with Gasteiger partial charge in [0.15, 0.2) is 5.82 Å². The van der Waals surface area contributed by atoms with Gasteiger partial charge in [0, 0.05) is 11.8 Å². The van der Waals surface area contributed by atoms with Gasteiger partial charge in [0.1, 0.15) is 0 Å². The summed E-state index contributed by atoms with van der Waals surface area (Å²) in [6.07, 6.45) is 3.81. The molecular formula is C15H14N4. The van der Waals surface area contributed by atoms with Crippen LogP contribution >= 0.6 is 0 Å². The Hall–Kier alpha value is -2.49. The van der Waals surface area contributed by atoms with Gasteiger partial charge in [-0.15, -0.1) is 5.10 Å². The molecule has 0 amide bonds. The fourth-order valence-corrected chi connectivity index (χ4v) is 1.94. The summed E-state index contributed by atoms with van der Waals surface area (Å²) < 4.78 is 1.74. The van der Waals surface area contributed by atoms with Gasteiger partial charge < -0.3 is 0 Å². The van der Waals surface area contributed by atoms with Gasteiger partial charge in [-0.3, -0.25) is 0 Å². The Morgan fingerprint density at radius 3 is 2.58 bits per heavy atom. The lowest BCUT2D eigenvalue weighted by molar-refractivity contribution is 0.806.